The monoisotopic (exact) mass is 453 g/mol. The highest BCUT2D eigenvalue weighted by atomic mass is 19.4. The largest absolute Gasteiger partial charge is 0.456 e. The Labute approximate surface area is 179 Å². The quantitative estimate of drug-likeness (QED) is 0.337. The zero-order chi connectivity index (χ0) is 23.7. The van der Waals surface area contributed by atoms with E-state index in [9.17, 15) is 37.7 Å². The van der Waals surface area contributed by atoms with Crippen LogP contribution in [-0.2, 0) is 25.3 Å². The smallest absolute Gasteiger partial charge is 0.416 e. The number of esters is 1. The minimum Gasteiger partial charge on any atom is -0.456 e. The van der Waals surface area contributed by atoms with Crippen molar-refractivity contribution in [1.29, 1.82) is 0 Å². The molecule has 0 fully saturated rings. The Bertz CT molecular complexity index is 1010. The third-order valence-corrected chi connectivity index (χ3v) is 3.96. The maximum atomic E-state index is 12.7. The number of hydrogen-bond donors (Lipinski definition) is 2. The number of nitro groups is 1. The number of nitrogens with one attached hydrogen (secondary N) is 2. The molecule has 2 N–H and O–H groups in total. The van der Waals surface area contributed by atoms with E-state index in [1.807, 2.05) is 0 Å². The third-order valence-electron chi connectivity index (χ3n) is 3.96. The van der Waals surface area contributed by atoms with E-state index in [2.05, 4.69) is 10.6 Å². The molecular formula is C20H18F3N3O6. The molecule has 2 aromatic rings. The fraction of sp³-hybridized carbons (Fsp3) is 0.250. The summed E-state index contributed by atoms with van der Waals surface area (Å²) in [5, 5.41) is 15.4. The Morgan fingerprint density at radius 1 is 0.938 bits per heavy atom. The number of alkyl halides is 3. The van der Waals surface area contributed by atoms with E-state index in [0.717, 1.165) is 24.3 Å². The summed E-state index contributed by atoms with van der Waals surface area (Å²) in [6, 6.07) is 9.34. The fourth-order valence-corrected chi connectivity index (χ4v) is 2.50. The van der Waals surface area contributed by atoms with Crippen LogP contribution in [0.4, 0.5) is 30.2 Å². The van der Waals surface area contributed by atoms with Gasteiger partial charge in [0, 0.05) is 36.3 Å². The first-order chi connectivity index (χ1) is 15.0. The molecule has 2 aromatic carbocycles. The van der Waals surface area contributed by atoms with E-state index in [-0.39, 0.29) is 36.3 Å². The predicted molar refractivity (Wildman–Crippen MR) is 107 cm³/mol. The predicted octanol–water partition coefficient (Wildman–Crippen LogP) is 3.90. The van der Waals surface area contributed by atoms with Gasteiger partial charge in [-0.05, 0) is 30.7 Å². The van der Waals surface area contributed by atoms with Gasteiger partial charge in [0.2, 0.25) is 5.91 Å². The lowest BCUT2D eigenvalue weighted by molar-refractivity contribution is -0.384. The second-order valence-corrected chi connectivity index (χ2v) is 6.50. The molecular weight excluding hydrogens is 435 g/mol. The Hall–Kier alpha value is -3.96. The van der Waals surface area contributed by atoms with Crippen molar-refractivity contribution in [3.8, 4) is 0 Å². The Balaban J connectivity index is 1.70. The Morgan fingerprint density at radius 3 is 2.22 bits per heavy atom. The van der Waals surface area contributed by atoms with Crippen LogP contribution in [0, 0.1) is 10.1 Å². The maximum Gasteiger partial charge on any atom is 0.416 e. The molecule has 12 heteroatoms. The van der Waals surface area contributed by atoms with Crippen molar-refractivity contribution in [1.82, 2.24) is 0 Å². The molecule has 0 radical (unpaired) electrons. The fourth-order valence-electron chi connectivity index (χ4n) is 2.50. The van der Waals surface area contributed by atoms with Crippen LogP contribution in [0.5, 0.6) is 0 Å². The molecule has 0 aliphatic heterocycles. The molecule has 2 rings (SSSR count). The Kier molecular flexibility index (Phi) is 8.27. The van der Waals surface area contributed by atoms with Crippen LogP contribution < -0.4 is 10.6 Å². The van der Waals surface area contributed by atoms with Crippen LogP contribution in [0.3, 0.4) is 0 Å². The number of amides is 2. The number of benzene rings is 2. The molecule has 0 heterocycles. The topological polar surface area (TPSA) is 128 Å². The molecule has 32 heavy (non-hydrogen) atoms. The molecule has 0 aliphatic carbocycles. The summed E-state index contributed by atoms with van der Waals surface area (Å²) < 4.78 is 42.8. The standard InChI is InChI=1S/C20H18F3N3O6/c21-20(22,23)13-4-1-5-14(10-13)24-17(27)8-3-9-19(29)32-12-18(28)25-15-6-2-7-16(11-15)26(30)31/h1-2,4-7,10-11H,3,8-9,12H2,(H,24,27)(H,25,28). The van der Waals surface area contributed by atoms with E-state index in [1.54, 1.807) is 0 Å². The molecule has 0 aromatic heterocycles. The van der Waals surface area contributed by atoms with Crippen molar-refractivity contribution in [2.24, 2.45) is 0 Å². The second kappa shape index (κ2) is 10.9. The molecule has 0 bridgehead atoms. The van der Waals surface area contributed by atoms with E-state index in [1.165, 1.54) is 24.3 Å². The number of carbonyl (C=O) groups excluding carboxylic acids is 3. The van der Waals surface area contributed by atoms with E-state index in [4.69, 9.17) is 4.74 Å². The summed E-state index contributed by atoms with van der Waals surface area (Å²) in [6.45, 7) is -0.627. The van der Waals surface area contributed by atoms with Crippen LogP contribution in [-0.4, -0.2) is 29.3 Å². The molecule has 0 spiro atoms. The molecule has 170 valence electrons. The van der Waals surface area contributed by atoms with Gasteiger partial charge in [0.15, 0.2) is 6.61 Å². The van der Waals surface area contributed by atoms with Gasteiger partial charge in [-0.2, -0.15) is 13.2 Å². The van der Waals surface area contributed by atoms with E-state index in [0.29, 0.717) is 0 Å². The zero-order valence-corrected chi connectivity index (χ0v) is 16.5. The number of nitrogens with zero attached hydrogens (tertiary/aromatic N) is 1. The van der Waals surface area contributed by atoms with Crippen LogP contribution in [0.25, 0.3) is 0 Å². The van der Waals surface area contributed by atoms with Crippen molar-refractivity contribution < 1.29 is 37.2 Å². The summed E-state index contributed by atoms with van der Waals surface area (Å²) in [4.78, 5) is 45.4. The summed E-state index contributed by atoms with van der Waals surface area (Å²) in [5.74, 6) is -2.05. The van der Waals surface area contributed by atoms with Gasteiger partial charge in [-0.3, -0.25) is 24.5 Å². The summed E-state index contributed by atoms with van der Waals surface area (Å²) in [7, 11) is 0. The number of hydrogen-bond acceptors (Lipinski definition) is 6. The van der Waals surface area contributed by atoms with Crippen molar-refractivity contribution in [2.45, 2.75) is 25.4 Å². The first-order valence-electron chi connectivity index (χ1n) is 9.21. The van der Waals surface area contributed by atoms with Gasteiger partial charge < -0.3 is 15.4 Å². The lowest BCUT2D eigenvalue weighted by Gasteiger charge is -2.10. The van der Waals surface area contributed by atoms with Gasteiger partial charge in [-0.25, -0.2) is 0 Å². The molecule has 0 saturated heterocycles. The molecule has 9 nitrogen and oxygen atoms in total. The molecule has 0 aliphatic rings. The van der Waals surface area contributed by atoms with E-state index >= 15 is 0 Å². The van der Waals surface area contributed by atoms with Gasteiger partial charge >= 0.3 is 12.1 Å². The van der Waals surface area contributed by atoms with Crippen molar-refractivity contribution in [2.75, 3.05) is 17.2 Å². The number of nitro benzene ring substituents is 1. The minimum atomic E-state index is -4.54. The van der Waals surface area contributed by atoms with E-state index < -0.39 is 41.1 Å². The zero-order valence-electron chi connectivity index (χ0n) is 16.5. The molecule has 0 atom stereocenters. The average molecular weight is 453 g/mol. The number of non-ortho nitro benzene ring substituents is 1. The van der Waals surface area contributed by atoms with Gasteiger partial charge in [0.05, 0.1) is 10.5 Å². The SMILES string of the molecule is O=C(CCCC(=O)OCC(=O)Nc1cccc([N+](=O)[O-])c1)Nc1cccc(C(F)(F)F)c1. The van der Waals surface area contributed by atoms with Gasteiger partial charge in [-0.1, -0.05) is 12.1 Å². The van der Waals surface area contributed by atoms with Crippen molar-refractivity contribution in [3.63, 3.8) is 0 Å². The van der Waals surface area contributed by atoms with Crippen LogP contribution in [0.1, 0.15) is 24.8 Å². The highest BCUT2D eigenvalue weighted by Gasteiger charge is 2.30. The normalized spacial score (nSPS) is 10.8. The lowest BCUT2D eigenvalue weighted by atomic mass is 10.2. The second-order valence-electron chi connectivity index (χ2n) is 6.50. The van der Waals surface area contributed by atoms with Crippen LogP contribution in [0.15, 0.2) is 48.5 Å². The highest BCUT2D eigenvalue weighted by molar-refractivity contribution is 5.93. The maximum absolute atomic E-state index is 12.7. The van der Waals surface area contributed by atoms with Crippen LogP contribution in [0.2, 0.25) is 0 Å². The number of anilines is 2. The van der Waals surface area contributed by atoms with Gasteiger partial charge in [-0.15, -0.1) is 0 Å². The van der Waals surface area contributed by atoms with Crippen molar-refractivity contribution >= 4 is 34.8 Å². The first-order valence-corrected chi connectivity index (χ1v) is 9.21. The number of halogens is 3. The summed E-state index contributed by atoms with van der Waals surface area (Å²) in [5.41, 5.74) is -0.984. The van der Waals surface area contributed by atoms with Gasteiger partial charge in [0.1, 0.15) is 0 Å². The molecule has 0 unspecified atom stereocenters. The number of ether oxygens (including phenoxy) is 1. The molecule has 0 saturated carbocycles. The van der Waals surface area contributed by atoms with Crippen molar-refractivity contribution in [3.05, 3.63) is 64.2 Å². The summed E-state index contributed by atoms with van der Waals surface area (Å²) >= 11 is 0. The average Bonchev–Trinajstić information content (AvgIpc) is 2.72. The minimum absolute atomic E-state index is 0.0229. The number of carbonyl (C=O) groups is 3. The van der Waals surface area contributed by atoms with Crippen LogP contribution >= 0.6 is 0 Å². The summed E-state index contributed by atoms with van der Waals surface area (Å²) in [6.07, 6.45) is -4.83. The third kappa shape index (κ3) is 8.05. The highest BCUT2D eigenvalue weighted by Crippen LogP contribution is 2.30. The van der Waals surface area contributed by atoms with Gasteiger partial charge in [0.25, 0.3) is 11.6 Å². The first kappa shape index (κ1) is 24.3. The molecule has 2 amide bonds. The number of rotatable bonds is 9. The lowest BCUT2D eigenvalue weighted by Crippen LogP contribution is -2.21. The Morgan fingerprint density at radius 2 is 1.56 bits per heavy atom.